The lowest BCUT2D eigenvalue weighted by atomic mass is 10.1. The van der Waals surface area contributed by atoms with Crippen LogP contribution in [0.15, 0.2) is 194 Å². The van der Waals surface area contributed by atoms with Crippen molar-refractivity contribution in [1.82, 2.24) is 0 Å². The number of ether oxygens (including phenoxy) is 3. The number of rotatable bonds is 46. The third-order valence-corrected chi connectivity index (χ3v) is 10.5. The van der Waals surface area contributed by atoms with Crippen LogP contribution in [0, 0.1) is 0 Å². The fourth-order valence-corrected chi connectivity index (χ4v) is 6.52. The Morgan fingerprint density at radius 2 is 0.597 bits per heavy atom. The summed E-state index contributed by atoms with van der Waals surface area (Å²) in [6.07, 6.45) is 88.5. The second-order valence-corrected chi connectivity index (χ2v) is 17.2. The lowest BCUT2D eigenvalue weighted by molar-refractivity contribution is -0.166. The molecule has 0 saturated carbocycles. The molecule has 0 aromatic heterocycles. The smallest absolute Gasteiger partial charge is 0.306 e. The van der Waals surface area contributed by atoms with E-state index in [1.54, 1.807) is 0 Å². The molecule has 1 atom stereocenters. The highest BCUT2D eigenvalue weighted by Crippen LogP contribution is 2.12. The SMILES string of the molecule is CC\C=C/C=C\C=C/C=C\C=C\C=C/C=C\CCCCCC(=O)OCC(COC(=O)CC/C=C\C/C=C\C/C=C\C/C=C\C/C=C\CC)OC(=O)CCCCCCCC/C=C\C/C=C\C/C=C\C/C=C\CC. The molecule has 0 amide bonds. The van der Waals surface area contributed by atoms with Crippen molar-refractivity contribution in [2.45, 2.75) is 187 Å². The van der Waals surface area contributed by atoms with E-state index >= 15 is 0 Å². The van der Waals surface area contributed by atoms with Crippen molar-refractivity contribution < 1.29 is 28.6 Å². The van der Waals surface area contributed by atoms with Crippen LogP contribution in [0.2, 0.25) is 0 Å². The fraction of sp³-hybridized carbons (Fsp3) is 0.470. The molecular weight excluding hydrogens is 889 g/mol. The average Bonchev–Trinajstić information content (AvgIpc) is 3.38. The molecule has 0 saturated heterocycles. The van der Waals surface area contributed by atoms with Crippen molar-refractivity contribution in [2.24, 2.45) is 0 Å². The third-order valence-electron chi connectivity index (χ3n) is 10.5. The molecule has 0 fully saturated rings. The maximum atomic E-state index is 12.9. The maximum absolute atomic E-state index is 12.9. The maximum Gasteiger partial charge on any atom is 0.306 e. The minimum absolute atomic E-state index is 0.143. The van der Waals surface area contributed by atoms with Gasteiger partial charge >= 0.3 is 17.9 Å². The van der Waals surface area contributed by atoms with Crippen LogP contribution in [-0.4, -0.2) is 37.2 Å². The van der Waals surface area contributed by atoms with Gasteiger partial charge in [0.05, 0.1) is 0 Å². The predicted molar refractivity (Wildman–Crippen MR) is 310 cm³/mol. The van der Waals surface area contributed by atoms with E-state index < -0.39 is 6.10 Å². The molecule has 0 N–H and O–H groups in total. The molecule has 0 aliphatic heterocycles. The molecule has 0 rings (SSSR count). The van der Waals surface area contributed by atoms with Crippen molar-refractivity contribution in [3.8, 4) is 0 Å². The Labute approximate surface area is 439 Å². The van der Waals surface area contributed by atoms with Crippen molar-refractivity contribution in [3.05, 3.63) is 194 Å². The summed E-state index contributed by atoms with van der Waals surface area (Å²) in [5.74, 6) is -1.10. The summed E-state index contributed by atoms with van der Waals surface area (Å²) in [5.41, 5.74) is 0. The zero-order valence-corrected chi connectivity index (χ0v) is 45.1. The summed E-state index contributed by atoms with van der Waals surface area (Å²) in [5, 5.41) is 0. The number of unbranched alkanes of at least 4 members (excludes halogenated alkanes) is 9. The van der Waals surface area contributed by atoms with Crippen LogP contribution in [0.4, 0.5) is 0 Å². The molecule has 0 aliphatic carbocycles. The van der Waals surface area contributed by atoms with E-state index in [1.807, 2.05) is 85.1 Å². The lowest BCUT2D eigenvalue weighted by Crippen LogP contribution is -2.30. The number of carbonyl (C=O) groups is 3. The largest absolute Gasteiger partial charge is 0.462 e. The molecule has 0 radical (unpaired) electrons. The van der Waals surface area contributed by atoms with Gasteiger partial charge in [-0.05, 0) is 109 Å². The number of hydrogen-bond acceptors (Lipinski definition) is 6. The third kappa shape index (κ3) is 55.2. The number of esters is 3. The summed E-state index contributed by atoms with van der Waals surface area (Å²) in [6, 6.07) is 0. The van der Waals surface area contributed by atoms with E-state index in [2.05, 4.69) is 130 Å². The van der Waals surface area contributed by atoms with E-state index in [9.17, 15) is 14.4 Å². The molecule has 0 spiro atoms. The summed E-state index contributed by atoms with van der Waals surface area (Å²) < 4.78 is 16.7. The Balaban J connectivity index is 4.67. The van der Waals surface area contributed by atoms with E-state index in [0.29, 0.717) is 12.8 Å². The van der Waals surface area contributed by atoms with Gasteiger partial charge in [0.15, 0.2) is 6.10 Å². The van der Waals surface area contributed by atoms with Gasteiger partial charge in [-0.15, -0.1) is 0 Å². The van der Waals surface area contributed by atoms with Gasteiger partial charge in [0.25, 0.3) is 0 Å². The van der Waals surface area contributed by atoms with Gasteiger partial charge in [-0.1, -0.05) is 247 Å². The molecule has 0 aromatic rings. The van der Waals surface area contributed by atoms with Crippen LogP contribution in [0.1, 0.15) is 181 Å². The fourth-order valence-electron chi connectivity index (χ4n) is 6.52. The van der Waals surface area contributed by atoms with Crippen molar-refractivity contribution in [3.63, 3.8) is 0 Å². The highest BCUT2D eigenvalue weighted by atomic mass is 16.6. The number of carbonyl (C=O) groups excluding carboxylic acids is 3. The highest BCUT2D eigenvalue weighted by Gasteiger charge is 2.19. The minimum Gasteiger partial charge on any atom is -0.462 e. The van der Waals surface area contributed by atoms with Crippen LogP contribution in [0.3, 0.4) is 0 Å². The quantitative estimate of drug-likeness (QED) is 0.0199. The van der Waals surface area contributed by atoms with Gasteiger partial charge < -0.3 is 14.2 Å². The normalized spacial score (nSPS) is 13.7. The molecule has 6 nitrogen and oxygen atoms in total. The predicted octanol–water partition coefficient (Wildman–Crippen LogP) is 18.7. The first-order chi connectivity index (χ1) is 35.5. The van der Waals surface area contributed by atoms with Crippen molar-refractivity contribution >= 4 is 17.9 Å². The number of hydrogen-bond donors (Lipinski definition) is 0. The van der Waals surface area contributed by atoms with E-state index in [4.69, 9.17) is 14.2 Å². The summed E-state index contributed by atoms with van der Waals surface area (Å²) >= 11 is 0. The van der Waals surface area contributed by atoms with Gasteiger partial charge in [-0.25, -0.2) is 0 Å². The van der Waals surface area contributed by atoms with Crippen LogP contribution < -0.4 is 0 Å². The van der Waals surface area contributed by atoms with Gasteiger partial charge in [-0.3, -0.25) is 14.4 Å². The van der Waals surface area contributed by atoms with Crippen molar-refractivity contribution in [2.75, 3.05) is 13.2 Å². The van der Waals surface area contributed by atoms with Gasteiger partial charge in [0, 0.05) is 19.3 Å². The van der Waals surface area contributed by atoms with Gasteiger partial charge in [-0.2, -0.15) is 0 Å². The van der Waals surface area contributed by atoms with Gasteiger partial charge in [0.2, 0.25) is 0 Å². The van der Waals surface area contributed by atoms with Crippen LogP contribution in [0.25, 0.3) is 0 Å². The first kappa shape index (κ1) is 66.2. The Kier molecular flexibility index (Phi) is 53.2. The van der Waals surface area contributed by atoms with Crippen LogP contribution in [0.5, 0.6) is 0 Å². The number of allylic oxidation sites excluding steroid dienone is 32. The molecule has 6 heteroatoms. The van der Waals surface area contributed by atoms with E-state index in [1.165, 1.54) is 12.8 Å². The molecule has 0 aromatic carbocycles. The monoisotopic (exact) mass is 985 g/mol. The van der Waals surface area contributed by atoms with E-state index in [-0.39, 0.29) is 50.4 Å². The molecule has 0 heterocycles. The summed E-state index contributed by atoms with van der Waals surface area (Å²) in [6.45, 7) is 6.12. The first-order valence-corrected chi connectivity index (χ1v) is 27.5. The Morgan fingerprint density at radius 1 is 0.292 bits per heavy atom. The molecule has 1 unspecified atom stereocenters. The van der Waals surface area contributed by atoms with E-state index in [0.717, 1.165) is 116 Å². The molecule has 396 valence electrons. The minimum atomic E-state index is -0.848. The standard InChI is InChI=1S/C66H96O6/c1-4-7-10-13-16-19-22-25-28-31-33-35-38-41-44-47-50-53-56-59-65(68)71-62-63(61-70-64(67)58-55-52-49-46-43-40-37-30-27-24-21-18-15-12-9-6-3)72-66(69)60-57-54-51-48-45-42-39-36-34-32-29-26-23-20-17-14-11-8-5-2/h7-13,16-22,25-31,33-36,38,40-41,43-44,49,52,63H,4-6,14-15,23-24,32,37,39,42,45-48,50-51,53-62H2,1-3H3/b10-7-,11-8-,12-9-,16-13-,20-17-,21-18-,22-19-,28-25-,29-26-,30-27-,33-31+,36-34-,38-35-,43-40-,44-41-,52-49-. The molecule has 0 aliphatic rings. The van der Waals surface area contributed by atoms with Crippen LogP contribution in [-0.2, 0) is 28.6 Å². The highest BCUT2D eigenvalue weighted by molar-refractivity contribution is 5.71. The molecule has 72 heavy (non-hydrogen) atoms. The summed E-state index contributed by atoms with van der Waals surface area (Å²) in [7, 11) is 0. The average molecular weight is 985 g/mol. The Bertz CT molecular complexity index is 1800. The van der Waals surface area contributed by atoms with Crippen molar-refractivity contribution in [1.29, 1.82) is 0 Å². The Morgan fingerprint density at radius 3 is 1.04 bits per heavy atom. The summed E-state index contributed by atoms with van der Waals surface area (Å²) in [4.78, 5) is 38.1. The zero-order valence-electron chi connectivity index (χ0n) is 45.1. The second kappa shape index (κ2) is 57.8. The zero-order chi connectivity index (χ0) is 52.2. The van der Waals surface area contributed by atoms with Crippen LogP contribution >= 0.6 is 0 Å². The second-order valence-electron chi connectivity index (χ2n) is 17.2. The van der Waals surface area contributed by atoms with Gasteiger partial charge in [0.1, 0.15) is 13.2 Å². The topological polar surface area (TPSA) is 78.9 Å². The molecular formula is C66H96O6. The molecule has 0 bridgehead atoms. The lowest BCUT2D eigenvalue weighted by Gasteiger charge is -2.18. The first-order valence-electron chi connectivity index (χ1n) is 27.5. The Hall–Kier alpha value is -5.75.